The quantitative estimate of drug-likeness (QED) is 0.0787. The van der Waals surface area contributed by atoms with Crippen LogP contribution < -0.4 is 10.8 Å². The van der Waals surface area contributed by atoms with E-state index in [-0.39, 0.29) is 6.61 Å². The fourth-order valence-electron chi connectivity index (χ4n) is 3.24. The molecule has 0 heterocycles. The highest BCUT2D eigenvalue weighted by Crippen LogP contribution is 2.20. The summed E-state index contributed by atoms with van der Waals surface area (Å²) < 4.78 is 43.3. The van der Waals surface area contributed by atoms with Crippen LogP contribution in [0.3, 0.4) is 0 Å². The van der Waals surface area contributed by atoms with Gasteiger partial charge in [0, 0.05) is 26.0 Å². The first-order valence-corrected chi connectivity index (χ1v) is 14.1. The zero-order valence-corrected chi connectivity index (χ0v) is 24.5. The second kappa shape index (κ2) is 27.6. The molecule has 1 rings (SSSR count). The van der Waals surface area contributed by atoms with Gasteiger partial charge in [0.15, 0.2) is 0 Å². The predicted octanol–water partition coefficient (Wildman–Crippen LogP) is 1.85. The third kappa shape index (κ3) is 21.2. The summed E-state index contributed by atoms with van der Waals surface area (Å²) in [4.78, 5) is 5.94. The van der Waals surface area contributed by atoms with Crippen LogP contribution >= 0.6 is 0 Å². The number of nitrogens with zero attached hydrogens (tertiary/aromatic N) is 1. The highest BCUT2D eigenvalue weighted by molar-refractivity contribution is 5.57. The van der Waals surface area contributed by atoms with Crippen LogP contribution in [0.5, 0.6) is 0 Å². The SMILES string of the molecule is COCCOCCN(OCCOCCOCCOCCCCOCCOCCOCCO)c1ccc(N)c(C)c1. The molecule has 0 spiro atoms. The Morgan fingerprint density at radius 3 is 1.62 bits per heavy atom. The van der Waals surface area contributed by atoms with Gasteiger partial charge in [0.25, 0.3) is 0 Å². The van der Waals surface area contributed by atoms with E-state index in [1.165, 1.54) is 0 Å². The van der Waals surface area contributed by atoms with E-state index in [4.69, 9.17) is 53.6 Å². The Labute approximate surface area is 239 Å². The largest absolute Gasteiger partial charge is 0.399 e. The number of hydrogen-bond donors (Lipinski definition) is 2. The summed E-state index contributed by atoms with van der Waals surface area (Å²) >= 11 is 0. The first kappa shape index (κ1) is 36.4. The van der Waals surface area contributed by atoms with Crippen LogP contribution in [0.4, 0.5) is 11.4 Å². The van der Waals surface area contributed by atoms with Gasteiger partial charge in [0.2, 0.25) is 0 Å². The smallest absolute Gasteiger partial charge is 0.0982 e. The van der Waals surface area contributed by atoms with Crippen molar-refractivity contribution in [2.45, 2.75) is 19.8 Å². The molecule has 0 amide bonds. The van der Waals surface area contributed by atoms with E-state index in [0.29, 0.717) is 112 Å². The average molecular weight is 577 g/mol. The van der Waals surface area contributed by atoms with Gasteiger partial charge in [-0.2, -0.15) is 0 Å². The number of benzene rings is 1. The number of unbranched alkanes of at least 4 members (excludes halogenated alkanes) is 1. The monoisotopic (exact) mass is 576 g/mol. The van der Waals surface area contributed by atoms with Gasteiger partial charge in [0.1, 0.15) is 0 Å². The van der Waals surface area contributed by atoms with Crippen LogP contribution in [0, 0.1) is 6.92 Å². The van der Waals surface area contributed by atoms with Gasteiger partial charge in [-0.05, 0) is 43.5 Å². The van der Waals surface area contributed by atoms with Gasteiger partial charge in [-0.25, -0.2) is 0 Å². The average Bonchev–Trinajstić information content (AvgIpc) is 2.96. The van der Waals surface area contributed by atoms with Crippen molar-refractivity contribution >= 4 is 11.4 Å². The third-order valence-electron chi connectivity index (χ3n) is 5.44. The topological polar surface area (TPSA) is 133 Å². The van der Waals surface area contributed by atoms with Crippen LogP contribution in [0.25, 0.3) is 0 Å². The fraction of sp³-hybridized carbons (Fsp3) is 0.786. The summed E-state index contributed by atoms with van der Waals surface area (Å²) in [6, 6.07) is 5.80. The van der Waals surface area contributed by atoms with Crippen molar-refractivity contribution in [2.75, 3.05) is 137 Å². The zero-order chi connectivity index (χ0) is 28.9. The standard InChI is InChI=1S/C28H52N2O10/c1-26-25-27(5-6-28(26)29)30(7-11-35-14-13-32-2)40-24-23-39-22-21-38-19-16-34-10-4-3-9-33-15-18-37-20-17-36-12-8-31/h5-6,25,31H,3-4,7-24,29H2,1-2H3. The van der Waals surface area contributed by atoms with Gasteiger partial charge in [-0.3, -0.25) is 9.90 Å². The maximum absolute atomic E-state index is 8.59. The number of rotatable bonds is 30. The lowest BCUT2D eigenvalue weighted by Gasteiger charge is -2.24. The van der Waals surface area contributed by atoms with Crippen molar-refractivity contribution in [3.8, 4) is 0 Å². The summed E-state index contributed by atoms with van der Waals surface area (Å²) in [5, 5.41) is 10.4. The predicted molar refractivity (Wildman–Crippen MR) is 153 cm³/mol. The molecule has 0 atom stereocenters. The van der Waals surface area contributed by atoms with E-state index >= 15 is 0 Å². The molecule has 12 nitrogen and oxygen atoms in total. The Balaban J connectivity index is 1.94. The Morgan fingerprint density at radius 2 is 1.10 bits per heavy atom. The molecule has 1 aromatic carbocycles. The molecule has 0 saturated carbocycles. The van der Waals surface area contributed by atoms with Gasteiger partial charge >= 0.3 is 0 Å². The Morgan fingerprint density at radius 1 is 0.625 bits per heavy atom. The first-order valence-electron chi connectivity index (χ1n) is 14.1. The number of methoxy groups -OCH3 is 1. The molecule has 40 heavy (non-hydrogen) atoms. The molecule has 234 valence electrons. The maximum Gasteiger partial charge on any atom is 0.0982 e. The minimum Gasteiger partial charge on any atom is -0.399 e. The molecule has 0 aliphatic heterocycles. The van der Waals surface area contributed by atoms with Crippen LogP contribution in [0.2, 0.25) is 0 Å². The van der Waals surface area contributed by atoms with Crippen molar-refractivity contribution in [1.29, 1.82) is 0 Å². The second-order valence-corrected chi connectivity index (χ2v) is 8.69. The van der Waals surface area contributed by atoms with Crippen molar-refractivity contribution in [3.63, 3.8) is 0 Å². The van der Waals surface area contributed by atoms with Crippen LogP contribution in [0.15, 0.2) is 18.2 Å². The minimum absolute atomic E-state index is 0.0338. The highest BCUT2D eigenvalue weighted by atomic mass is 16.7. The van der Waals surface area contributed by atoms with E-state index < -0.39 is 0 Å². The van der Waals surface area contributed by atoms with Crippen molar-refractivity contribution < 1.29 is 47.8 Å². The molecule has 12 heteroatoms. The molecule has 1 aromatic rings. The number of nitrogen functional groups attached to an aromatic ring is 1. The number of aryl methyl sites for hydroxylation is 1. The normalized spacial score (nSPS) is 11.4. The maximum atomic E-state index is 8.59. The number of nitrogens with two attached hydrogens (primary N) is 1. The highest BCUT2D eigenvalue weighted by Gasteiger charge is 2.09. The van der Waals surface area contributed by atoms with Crippen LogP contribution in [-0.2, 0) is 42.7 Å². The molecule has 0 unspecified atom stereocenters. The molecular weight excluding hydrogens is 524 g/mol. The molecule has 0 aromatic heterocycles. The summed E-state index contributed by atoms with van der Waals surface area (Å²) in [6.07, 6.45) is 1.87. The van der Waals surface area contributed by atoms with Crippen molar-refractivity contribution in [1.82, 2.24) is 0 Å². The molecule has 3 N–H and O–H groups in total. The number of ether oxygens (including phenoxy) is 8. The summed E-state index contributed by atoms with van der Waals surface area (Å²) in [7, 11) is 1.65. The fourth-order valence-corrected chi connectivity index (χ4v) is 3.24. The number of hydrogen-bond acceptors (Lipinski definition) is 12. The molecule has 0 aliphatic carbocycles. The molecule has 0 aliphatic rings. The van der Waals surface area contributed by atoms with E-state index in [0.717, 1.165) is 29.8 Å². The van der Waals surface area contributed by atoms with E-state index in [2.05, 4.69) is 0 Å². The zero-order valence-electron chi connectivity index (χ0n) is 24.5. The number of aliphatic hydroxyl groups excluding tert-OH is 1. The number of anilines is 2. The Bertz CT molecular complexity index is 686. The second-order valence-electron chi connectivity index (χ2n) is 8.69. The Kier molecular flexibility index (Phi) is 25.1. The molecular formula is C28H52N2O10. The van der Waals surface area contributed by atoms with E-state index in [9.17, 15) is 0 Å². The van der Waals surface area contributed by atoms with E-state index in [1.54, 1.807) is 12.2 Å². The number of aliphatic hydroxyl groups is 1. The number of hydroxylamine groups is 1. The minimum atomic E-state index is 0.0338. The summed E-state index contributed by atoms with van der Waals surface area (Å²) in [5.74, 6) is 0. The van der Waals surface area contributed by atoms with Gasteiger partial charge < -0.3 is 48.7 Å². The first-order chi connectivity index (χ1) is 19.7. The summed E-state index contributed by atoms with van der Waals surface area (Å²) in [5.41, 5.74) is 8.61. The Hall–Kier alpha value is -1.58. The molecule has 0 radical (unpaired) electrons. The van der Waals surface area contributed by atoms with E-state index in [1.807, 2.05) is 25.1 Å². The van der Waals surface area contributed by atoms with Gasteiger partial charge in [0.05, 0.1) is 111 Å². The molecule has 0 bridgehead atoms. The van der Waals surface area contributed by atoms with Crippen molar-refractivity contribution in [2.24, 2.45) is 0 Å². The van der Waals surface area contributed by atoms with Crippen molar-refractivity contribution in [3.05, 3.63) is 23.8 Å². The lowest BCUT2D eigenvalue weighted by atomic mass is 10.2. The third-order valence-corrected chi connectivity index (χ3v) is 5.44. The van der Waals surface area contributed by atoms with Gasteiger partial charge in [-0.1, -0.05) is 0 Å². The molecule has 0 saturated heterocycles. The van der Waals surface area contributed by atoms with Crippen LogP contribution in [-0.4, -0.2) is 131 Å². The van der Waals surface area contributed by atoms with Gasteiger partial charge in [-0.15, -0.1) is 0 Å². The lowest BCUT2D eigenvalue weighted by Crippen LogP contribution is -2.30. The lowest BCUT2D eigenvalue weighted by molar-refractivity contribution is -0.00986. The molecule has 0 fully saturated rings. The summed E-state index contributed by atoms with van der Waals surface area (Å²) in [6.45, 7) is 10.9. The van der Waals surface area contributed by atoms with Crippen LogP contribution in [0.1, 0.15) is 18.4 Å².